The second kappa shape index (κ2) is 7.05. The monoisotopic (exact) mass is 290 g/mol. The normalized spacial score (nSPS) is 20.5. The van der Waals surface area contributed by atoms with E-state index in [1.807, 2.05) is 25.1 Å². The van der Waals surface area contributed by atoms with E-state index >= 15 is 0 Å². The van der Waals surface area contributed by atoms with E-state index in [0.29, 0.717) is 6.04 Å². The first-order valence-corrected chi connectivity index (χ1v) is 7.70. The zero-order valence-electron chi connectivity index (χ0n) is 13.2. The maximum absolute atomic E-state index is 12.0. The van der Waals surface area contributed by atoms with Crippen molar-refractivity contribution >= 4 is 5.91 Å². The molecule has 1 saturated heterocycles. The lowest BCUT2D eigenvalue weighted by molar-refractivity contribution is 0.0827. The van der Waals surface area contributed by atoms with Crippen LogP contribution in [0, 0.1) is 0 Å². The molecule has 4 heteroatoms. The van der Waals surface area contributed by atoms with Crippen molar-refractivity contribution in [2.75, 3.05) is 20.6 Å². The first kappa shape index (κ1) is 16.0. The molecule has 1 amide bonds. The molecule has 0 radical (unpaired) electrons. The van der Waals surface area contributed by atoms with E-state index in [-0.39, 0.29) is 12.0 Å². The zero-order chi connectivity index (χ0) is 15.4. The SMILES string of the molecule is CC(O)CC1CCCN1Cc1cccc(C(=O)N(C)C)c1. The highest BCUT2D eigenvalue weighted by Gasteiger charge is 2.25. The number of carbonyl (C=O) groups excluding carboxylic acids is 1. The number of hydrogen-bond donors (Lipinski definition) is 1. The van der Waals surface area contributed by atoms with Gasteiger partial charge in [0.1, 0.15) is 0 Å². The van der Waals surface area contributed by atoms with Crippen LogP contribution in [-0.4, -0.2) is 53.6 Å². The Morgan fingerprint density at radius 2 is 2.24 bits per heavy atom. The third-order valence-electron chi connectivity index (χ3n) is 4.08. The van der Waals surface area contributed by atoms with Gasteiger partial charge in [0.25, 0.3) is 5.91 Å². The third-order valence-corrected chi connectivity index (χ3v) is 4.08. The summed E-state index contributed by atoms with van der Waals surface area (Å²) in [6.45, 7) is 3.78. The number of hydrogen-bond acceptors (Lipinski definition) is 3. The fourth-order valence-corrected chi connectivity index (χ4v) is 3.06. The molecule has 1 N–H and O–H groups in total. The number of aliphatic hydroxyl groups is 1. The minimum absolute atomic E-state index is 0.0406. The van der Waals surface area contributed by atoms with Crippen LogP contribution in [0.1, 0.15) is 42.1 Å². The molecule has 1 heterocycles. The summed E-state index contributed by atoms with van der Waals surface area (Å²) in [6.07, 6.45) is 2.92. The Labute approximate surface area is 127 Å². The highest BCUT2D eigenvalue weighted by molar-refractivity contribution is 5.94. The zero-order valence-corrected chi connectivity index (χ0v) is 13.2. The van der Waals surface area contributed by atoms with Gasteiger partial charge in [-0.2, -0.15) is 0 Å². The van der Waals surface area contributed by atoms with Gasteiger partial charge in [-0.15, -0.1) is 0 Å². The maximum atomic E-state index is 12.0. The van der Waals surface area contributed by atoms with Crippen LogP contribution < -0.4 is 0 Å². The second-order valence-corrected chi connectivity index (χ2v) is 6.25. The minimum Gasteiger partial charge on any atom is -0.393 e. The molecule has 2 rings (SSSR count). The molecule has 0 aliphatic carbocycles. The summed E-state index contributed by atoms with van der Waals surface area (Å²) in [4.78, 5) is 16.0. The molecular weight excluding hydrogens is 264 g/mol. The number of rotatable bonds is 5. The van der Waals surface area contributed by atoms with E-state index in [1.165, 1.54) is 12.0 Å². The molecule has 1 aliphatic rings. The molecule has 1 fully saturated rings. The Morgan fingerprint density at radius 3 is 2.90 bits per heavy atom. The molecule has 0 spiro atoms. The lowest BCUT2D eigenvalue weighted by Gasteiger charge is -2.25. The topological polar surface area (TPSA) is 43.8 Å². The van der Waals surface area contributed by atoms with Crippen LogP contribution in [0.5, 0.6) is 0 Å². The predicted molar refractivity (Wildman–Crippen MR) is 84.2 cm³/mol. The van der Waals surface area contributed by atoms with Crippen molar-refractivity contribution in [3.8, 4) is 0 Å². The maximum Gasteiger partial charge on any atom is 0.253 e. The molecule has 0 aromatic heterocycles. The van der Waals surface area contributed by atoms with Crippen molar-refractivity contribution in [3.63, 3.8) is 0 Å². The highest BCUT2D eigenvalue weighted by atomic mass is 16.3. The first-order chi connectivity index (χ1) is 9.97. The van der Waals surface area contributed by atoms with Gasteiger partial charge < -0.3 is 10.0 Å². The Morgan fingerprint density at radius 1 is 1.48 bits per heavy atom. The van der Waals surface area contributed by atoms with Gasteiger partial charge in [0, 0.05) is 32.2 Å². The smallest absolute Gasteiger partial charge is 0.253 e. The summed E-state index contributed by atoms with van der Waals surface area (Å²) in [7, 11) is 3.54. The minimum atomic E-state index is -0.253. The second-order valence-electron chi connectivity index (χ2n) is 6.25. The van der Waals surface area contributed by atoms with E-state index in [1.54, 1.807) is 19.0 Å². The van der Waals surface area contributed by atoms with Crippen molar-refractivity contribution in [1.82, 2.24) is 9.80 Å². The molecule has 21 heavy (non-hydrogen) atoms. The molecule has 1 aliphatic heterocycles. The molecule has 0 bridgehead atoms. The number of benzene rings is 1. The van der Waals surface area contributed by atoms with Gasteiger partial charge in [0.05, 0.1) is 6.10 Å². The molecule has 2 unspecified atom stereocenters. The number of likely N-dealkylation sites (tertiary alicyclic amines) is 1. The number of carbonyl (C=O) groups is 1. The van der Waals surface area contributed by atoms with Crippen molar-refractivity contribution in [2.45, 2.75) is 44.9 Å². The Hall–Kier alpha value is -1.39. The molecule has 0 saturated carbocycles. The summed E-state index contributed by atoms with van der Waals surface area (Å²) >= 11 is 0. The molecule has 1 aromatic carbocycles. The van der Waals surface area contributed by atoms with Gasteiger partial charge in [-0.1, -0.05) is 12.1 Å². The van der Waals surface area contributed by atoms with Crippen molar-refractivity contribution in [2.24, 2.45) is 0 Å². The van der Waals surface area contributed by atoms with Crippen molar-refractivity contribution in [3.05, 3.63) is 35.4 Å². The lowest BCUT2D eigenvalue weighted by atomic mass is 10.1. The van der Waals surface area contributed by atoms with E-state index in [2.05, 4.69) is 11.0 Å². The van der Waals surface area contributed by atoms with Crippen molar-refractivity contribution < 1.29 is 9.90 Å². The molecular formula is C17H26N2O2. The number of aliphatic hydroxyl groups excluding tert-OH is 1. The van der Waals surface area contributed by atoms with Crippen molar-refractivity contribution in [1.29, 1.82) is 0 Å². The van der Waals surface area contributed by atoms with E-state index in [0.717, 1.165) is 31.5 Å². The van der Waals surface area contributed by atoms with Crippen LogP contribution in [0.25, 0.3) is 0 Å². The molecule has 1 aromatic rings. The van der Waals surface area contributed by atoms with Gasteiger partial charge in [-0.3, -0.25) is 9.69 Å². The third kappa shape index (κ3) is 4.29. The fourth-order valence-electron chi connectivity index (χ4n) is 3.06. The van der Waals surface area contributed by atoms with Crippen LogP contribution in [-0.2, 0) is 6.54 Å². The average Bonchev–Trinajstić information content (AvgIpc) is 2.84. The summed E-state index contributed by atoms with van der Waals surface area (Å²) in [5.41, 5.74) is 1.91. The quantitative estimate of drug-likeness (QED) is 0.903. The highest BCUT2D eigenvalue weighted by Crippen LogP contribution is 2.24. The van der Waals surface area contributed by atoms with Crippen LogP contribution >= 0.6 is 0 Å². The Bertz CT molecular complexity index is 485. The summed E-state index contributed by atoms with van der Waals surface area (Å²) < 4.78 is 0. The van der Waals surface area contributed by atoms with E-state index < -0.39 is 0 Å². The van der Waals surface area contributed by atoms with E-state index in [9.17, 15) is 9.90 Å². The van der Waals surface area contributed by atoms with Crippen LogP contribution in [0.2, 0.25) is 0 Å². The summed E-state index contributed by atoms with van der Waals surface area (Å²) in [5, 5.41) is 9.60. The van der Waals surface area contributed by atoms with E-state index in [4.69, 9.17) is 0 Å². The number of nitrogens with zero attached hydrogens (tertiary/aromatic N) is 2. The predicted octanol–water partition coefficient (Wildman–Crippen LogP) is 2.12. The summed E-state index contributed by atoms with van der Waals surface area (Å²) in [5.74, 6) is 0.0406. The van der Waals surface area contributed by atoms with Gasteiger partial charge in [0.15, 0.2) is 0 Å². The van der Waals surface area contributed by atoms with Gasteiger partial charge >= 0.3 is 0 Å². The van der Waals surface area contributed by atoms with Crippen LogP contribution in [0.4, 0.5) is 0 Å². The van der Waals surface area contributed by atoms with Crippen LogP contribution in [0.3, 0.4) is 0 Å². The number of amides is 1. The lowest BCUT2D eigenvalue weighted by Crippen LogP contribution is -2.31. The standard InChI is InChI=1S/C17H26N2O2/c1-13(20)10-16-8-5-9-19(16)12-14-6-4-7-15(11-14)17(21)18(2)3/h4,6-7,11,13,16,20H,5,8-10,12H2,1-3H3. The van der Waals surface area contributed by atoms with Gasteiger partial charge in [-0.05, 0) is 50.4 Å². The Kier molecular flexibility index (Phi) is 5.37. The first-order valence-electron chi connectivity index (χ1n) is 7.70. The van der Waals surface area contributed by atoms with Crippen LogP contribution in [0.15, 0.2) is 24.3 Å². The summed E-state index contributed by atoms with van der Waals surface area (Å²) in [6, 6.07) is 8.33. The van der Waals surface area contributed by atoms with Gasteiger partial charge in [0.2, 0.25) is 0 Å². The average molecular weight is 290 g/mol. The molecule has 2 atom stereocenters. The molecule has 4 nitrogen and oxygen atoms in total. The van der Waals surface area contributed by atoms with Gasteiger partial charge in [-0.25, -0.2) is 0 Å². The molecule has 116 valence electrons. The fraction of sp³-hybridized carbons (Fsp3) is 0.588. The largest absolute Gasteiger partial charge is 0.393 e. The Balaban J connectivity index is 2.05.